The lowest BCUT2D eigenvalue weighted by atomic mass is 10.1. The van der Waals surface area contributed by atoms with Gasteiger partial charge in [0.15, 0.2) is 0 Å². The first kappa shape index (κ1) is 11.4. The summed E-state index contributed by atoms with van der Waals surface area (Å²) in [5.41, 5.74) is 1.84. The summed E-state index contributed by atoms with van der Waals surface area (Å²) in [5, 5.41) is 8.52. The first-order valence-corrected chi connectivity index (χ1v) is 5.77. The summed E-state index contributed by atoms with van der Waals surface area (Å²) in [7, 11) is 0. The number of aromatic nitrogens is 2. The van der Waals surface area contributed by atoms with Crippen LogP contribution in [-0.2, 0) is 6.42 Å². The predicted octanol–water partition coefficient (Wildman–Crippen LogP) is 3.48. The van der Waals surface area contributed by atoms with Crippen LogP contribution in [0.15, 0.2) is 22.6 Å². The highest BCUT2D eigenvalue weighted by molar-refractivity contribution is 6.31. The monoisotopic (exact) mass is 256 g/mol. The third-order valence-electron chi connectivity index (χ3n) is 2.19. The van der Waals surface area contributed by atoms with Gasteiger partial charge >= 0.3 is 0 Å². The van der Waals surface area contributed by atoms with Crippen molar-refractivity contribution in [1.82, 2.24) is 10.2 Å². The van der Waals surface area contributed by atoms with Crippen LogP contribution in [0.4, 0.5) is 0 Å². The zero-order valence-electron chi connectivity index (χ0n) is 8.70. The zero-order chi connectivity index (χ0) is 11.5. The summed E-state index contributed by atoms with van der Waals surface area (Å²) < 4.78 is 5.44. The molecule has 0 aliphatic heterocycles. The smallest absolute Gasteiger partial charge is 0.247 e. The van der Waals surface area contributed by atoms with E-state index in [4.69, 9.17) is 27.6 Å². The summed E-state index contributed by atoms with van der Waals surface area (Å²) in [5.74, 6) is 1.49. The first-order chi connectivity index (χ1) is 7.70. The molecule has 5 heteroatoms. The van der Waals surface area contributed by atoms with E-state index in [0.29, 0.717) is 29.1 Å². The quantitative estimate of drug-likeness (QED) is 0.790. The first-order valence-electron chi connectivity index (χ1n) is 4.85. The van der Waals surface area contributed by atoms with Crippen molar-refractivity contribution in [2.45, 2.75) is 13.3 Å². The van der Waals surface area contributed by atoms with Crippen LogP contribution in [0.2, 0.25) is 5.02 Å². The molecule has 0 atom stereocenters. The van der Waals surface area contributed by atoms with Gasteiger partial charge in [-0.2, -0.15) is 0 Å². The average Bonchev–Trinajstić information content (AvgIpc) is 2.71. The molecule has 1 heterocycles. The molecule has 0 fully saturated rings. The molecule has 0 saturated carbocycles. The van der Waals surface area contributed by atoms with Crippen molar-refractivity contribution in [2.75, 3.05) is 5.88 Å². The third kappa shape index (κ3) is 2.36. The molecule has 0 aliphatic rings. The van der Waals surface area contributed by atoms with Crippen LogP contribution in [0.1, 0.15) is 11.5 Å². The highest BCUT2D eigenvalue weighted by atomic mass is 35.5. The topological polar surface area (TPSA) is 38.9 Å². The SMILES string of the molecule is Cc1ccc(-c2nnc(CCCl)o2)cc1Cl. The van der Waals surface area contributed by atoms with E-state index in [1.54, 1.807) is 0 Å². The molecule has 3 nitrogen and oxygen atoms in total. The lowest BCUT2D eigenvalue weighted by Gasteiger charge is -1.99. The summed E-state index contributed by atoms with van der Waals surface area (Å²) >= 11 is 11.6. The molecule has 0 amide bonds. The molecular weight excluding hydrogens is 247 g/mol. The Balaban J connectivity index is 2.31. The van der Waals surface area contributed by atoms with Crippen LogP contribution in [0.25, 0.3) is 11.5 Å². The molecule has 0 saturated heterocycles. The van der Waals surface area contributed by atoms with Crippen LogP contribution in [0.3, 0.4) is 0 Å². The second kappa shape index (κ2) is 4.85. The van der Waals surface area contributed by atoms with Gasteiger partial charge in [-0.25, -0.2) is 0 Å². The Hall–Kier alpha value is -1.06. The molecule has 0 N–H and O–H groups in total. The molecule has 0 aliphatic carbocycles. The number of hydrogen-bond acceptors (Lipinski definition) is 3. The minimum Gasteiger partial charge on any atom is -0.421 e. The van der Waals surface area contributed by atoms with Crippen molar-refractivity contribution in [2.24, 2.45) is 0 Å². The van der Waals surface area contributed by atoms with Gasteiger partial charge in [-0.15, -0.1) is 21.8 Å². The number of benzene rings is 1. The van der Waals surface area contributed by atoms with Crippen molar-refractivity contribution in [3.05, 3.63) is 34.7 Å². The third-order valence-corrected chi connectivity index (χ3v) is 2.79. The Morgan fingerprint density at radius 3 is 2.81 bits per heavy atom. The largest absolute Gasteiger partial charge is 0.421 e. The molecule has 84 valence electrons. The van der Waals surface area contributed by atoms with Crippen molar-refractivity contribution in [3.63, 3.8) is 0 Å². The minimum atomic E-state index is 0.469. The van der Waals surface area contributed by atoms with E-state index in [1.165, 1.54) is 0 Å². The fourth-order valence-electron chi connectivity index (χ4n) is 1.28. The number of rotatable bonds is 3. The second-order valence-corrected chi connectivity index (χ2v) is 4.19. The van der Waals surface area contributed by atoms with E-state index in [1.807, 2.05) is 25.1 Å². The maximum Gasteiger partial charge on any atom is 0.247 e. The molecule has 0 spiro atoms. The van der Waals surface area contributed by atoms with Crippen LogP contribution >= 0.6 is 23.2 Å². The molecule has 2 aromatic rings. The number of halogens is 2. The fraction of sp³-hybridized carbons (Fsp3) is 0.273. The number of hydrogen-bond donors (Lipinski definition) is 0. The maximum absolute atomic E-state index is 6.02. The Morgan fingerprint density at radius 2 is 2.12 bits per heavy atom. The summed E-state index contributed by atoms with van der Waals surface area (Å²) in [6, 6.07) is 5.64. The number of alkyl halides is 1. The average molecular weight is 257 g/mol. The van der Waals surface area contributed by atoms with Gasteiger partial charge < -0.3 is 4.42 Å². The van der Waals surface area contributed by atoms with Crippen LogP contribution in [0.5, 0.6) is 0 Å². The second-order valence-electron chi connectivity index (χ2n) is 3.40. The van der Waals surface area contributed by atoms with Gasteiger partial charge in [0.05, 0.1) is 0 Å². The lowest BCUT2D eigenvalue weighted by Crippen LogP contribution is -1.84. The molecule has 1 aromatic heterocycles. The molecule has 1 aromatic carbocycles. The molecule has 0 unspecified atom stereocenters. The Labute approximate surface area is 103 Å². The molecular formula is C11H10Cl2N2O. The van der Waals surface area contributed by atoms with Crippen molar-refractivity contribution < 1.29 is 4.42 Å². The molecule has 0 bridgehead atoms. The Bertz CT molecular complexity index is 496. The minimum absolute atomic E-state index is 0.469. The standard InChI is InChI=1S/C11H10Cl2N2O/c1-7-2-3-8(6-9(7)13)11-15-14-10(16-11)4-5-12/h2-3,6H,4-5H2,1H3. The van der Waals surface area contributed by atoms with Gasteiger partial charge in [0.1, 0.15) is 0 Å². The van der Waals surface area contributed by atoms with E-state index >= 15 is 0 Å². The predicted molar refractivity (Wildman–Crippen MR) is 63.9 cm³/mol. The lowest BCUT2D eigenvalue weighted by molar-refractivity contribution is 0.513. The normalized spacial score (nSPS) is 10.7. The molecule has 16 heavy (non-hydrogen) atoms. The van der Waals surface area contributed by atoms with Crippen molar-refractivity contribution in [3.8, 4) is 11.5 Å². The van der Waals surface area contributed by atoms with Crippen molar-refractivity contribution >= 4 is 23.2 Å². The number of nitrogens with zero attached hydrogens (tertiary/aromatic N) is 2. The van der Waals surface area contributed by atoms with Gasteiger partial charge in [-0.05, 0) is 24.6 Å². The highest BCUT2D eigenvalue weighted by Crippen LogP contribution is 2.24. The van der Waals surface area contributed by atoms with Crippen LogP contribution < -0.4 is 0 Å². The summed E-state index contributed by atoms with van der Waals surface area (Å²) in [6.45, 7) is 1.94. The van der Waals surface area contributed by atoms with E-state index in [0.717, 1.165) is 11.1 Å². The van der Waals surface area contributed by atoms with E-state index < -0.39 is 0 Å². The molecule has 2 rings (SSSR count). The van der Waals surface area contributed by atoms with Gasteiger partial charge in [0.25, 0.3) is 0 Å². The van der Waals surface area contributed by atoms with Crippen molar-refractivity contribution in [1.29, 1.82) is 0 Å². The van der Waals surface area contributed by atoms with Gasteiger partial charge in [-0.3, -0.25) is 0 Å². The zero-order valence-corrected chi connectivity index (χ0v) is 10.2. The van der Waals surface area contributed by atoms with Crippen LogP contribution in [0, 0.1) is 6.92 Å². The Morgan fingerprint density at radius 1 is 1.31 bits per heavy atom. The molecule has 0 radical (unpaired) electrons. The van der Waals surface area contributed by atoms with Gasteiger partial charge in [0.2, 0.25) is 11.8 Å². The number of aryl methyl sites for hydroxylation is 2. The van der Waals surface area contributed by atoms with E-state index in [2.05, 4.69) is 10.2 Å². The maximum atomic E-state index is 6.02. The van der Waals surface area contributed by atoms with E-state index in [9.17, 15) is 0 Å². The van der Waals surface area contributed by atoms with E-state index in [-0.39, 0.29) is 0 Å². The highest BCUT2D eigenvalue weighted by Gasteiger charge is 2.09. The van der Waals surface area contributed by atoms with Gasteiger partial charge in [-0.1, -0.05) is 17.7 Å². The summed E-state index contributed by atoms with van der Waals surface area (Å²) in [4.78, 5) is 0. The fourth-order valence-corrected chi connectivity index (χ4v) is 1.62. The van der Waals surface area contributed by atoms with Crippen LogP contribution in [-0.4, -0.2) is 16.1 Å². The summed E-state index contributed by atoms with van der Waals surface area (Å²) in [6.07, 6.45) is 0.578. The van der Waals surface area contributed by atoms with Gasteiger partial charge in [0, 0.05) is 22.9 Å². The Kier molecular flexibility index (Phi) is 3.46.